The molecule has 17 heavy (non-hydrogen) atoms. The van der Waals surface area contributed by atoms with Crippen LogP contribution in [0.15, 0.2) is 30.3 Å². The zero-order valence-corrected chi connectivity index (χ0v) is 10.6. The van der Waals surface area contributed by atoms with Crippen molar-refractivity contribution < 1.29 is 18.6 Å². The third kappa shape index (κ3) is 6.00. The maximum absolute atomic E-state index is 11.3. The van der Waals surface area contributed by atoms with E-state index in [4.69, 9.17) is 9.26 Å². The average molecular weight is 256 g/mol. The molecule has 92 valence electrons. The van der Waals surface area contributed by atoms with Crippen LogP contribution in [0.5, 0.6) is 0 Å². The summed E-state index contributed by atoms with van der Waals surface area (Å²) >= 11 is 0. The molecule has 0 radical (unpaired) electrons. The first-order valence-corrected chi connectivity index (χ1v) is 6.75. The van der Waals surface area contributed by atoms with Crippen LogP contribution in [-0.2, 0) is 20.4 Å². The predicted molar refractivity (Wildman–Crippen MR) is 63.8 cm³/mol. The molecule has 0 aliphatic rings. The molecule has 0 saturated heterocycles. The average Bonchev–Trinajstić information content (AvgIpc) is 2.26. The number of hydrogen-bond donors (Lipinski definition) is 1. The molecular weight excluding hydrogens is 241 g/mol. The summed E-state index contributed by atoms with van der Waals surface area (Å²) in [5.41, 5.74) is 0.901. The largest absolute Gasteiger partial charge is 0.506 e. The van der Waals surface area contributed by atoms with Crippen molar-refractivity contribution in [2.24, 2.45) is 0 Å². The summed E-state index contributed by atoms with van der Waals surface area (Å²) in [6.07, 6.45) is -1.23. The van der Waals surface area contributed by atoms with Gasteiger partial charge in [0.15, 0.2) is 12.9 Å². The molecule has 0 aliphatic carbocycles. The summed E-state index contributed by atoms with van der Waals surface area (Å²) in [6, 6.07) is 9.33. The highest BCUT2D eigenvalue weighted by Crippen LogP contribution is 2.17. The van der Waals surface area contributed by atoms with Gasteiger partial charge >= 0.3 is 14.1 Å². The topological polar surface area (TPSA) is 64.6 Å². The van der Waals surface area contributed by atoms with Crippen LogP contribution in [0.2, 0.25) is 0 Å². The van der Waals surface area contributed by atoms with E-state index < -0.39 is 20.3 Å². The second kappa shape index (κ2) is 6.99. The fraction of sp³-hybridized carbons (Fsp3) is 0.364. The van der Waals surface area contributed by atoms with E-state index in [2.05, 4.69) is 5.32 Å². The fourth-order valence-corrected chi connectivity index (χ4v) is 1.68. The van der Waals surface area contributed by atoms with Crippen LogP contribution in [0.25, 0.3) is 0 Å². The Kier molecular flexibility index (Phi) is 5.60. The number of hydrogen-bond acceptors (Lipinski definition) is 4. The van der Waals surface area contributed by atoms with Gasteiger partial charge in [0.2, 0.25) is 0 Å². The molecule has 1 aromatic rings. The van der Waals surface area contributed by atoms with Gasteiger partial charge in [0.05, 0.1) is 0 Å². The molecule has 0 fully saturated rings. The van der Waals surface area contributed by atoms with Crippen LogP contribution in [-0.4, -0.2) is 19.0 Å². The van der Waals surface area contributed by atoms with Gasteiger partial charge in [-0.2, -0.15) is 0 Å². The lowest BCUT2D eigenvalue weighted by Crippen LogP contribution is -2.33. The Balaban J connectivity index is 2.28. The number of carbonyl (C=O) groups is 1. The Hall–Kier alpha value is -1.45. The van der Waals surface area contributed by atoms with Crippen LogP contribution < -0.4 is 5.32 Å². The Bertz CT molecular complexity index is 382. The Morgan fingerprint density at radius 1 is 1.41 bits per heavy atom. The van der Waals surface area contributed by atoms with Crippen LogP contribution in [0.4, 0.5) is 4.79 Å². The van der Waals surface area contributed by atoms with Crippen molar-refractivity contribution >= 4 is 14.1 Å². The fourth-order valence-electron chi connectivity index (χ4n) is 1.18. The number of carbonyl (C=O) groups excluding carboxylic acids is 1. The molecule has 0 bridgehead atoms. The minimum Gasteiger partial charge on any atom is -0.445 e. The van der Waals surface area contributed by atoms with E-state index in [0.29, 0.717) is 0 Å². The van der Waals surface area contributed by atoms with E-state index in [1.54, 1.807) is 6.92 Å². The first-order chi connectivity index (χ1) is 8.08. The van der Waals surface area contributed by atoms with Crippen molar-refractivity contribution in [3.63, 3.8) is 0 Å². The SMILES string of the molecule is C[C@H](NC(=O)OCc1ccccc1)O[P+](C)=O. The molecular formula is C11H15NO4P+. The highest BCUT2D eigenvalue weighted by molar-refractivity contribution is 7.38. The van der Waals surface area contributed by atoms with E-state index in [-0.39, 0.29) is 6.61 Å². The van der Waals surface area contributed by atoms with E-state index in [9.17, 15) is 9.36 Å². The van der Waals surface area contributed by atoms with Gasteiger partial charge < -0.3 is 4.74 Å². The maximum atomic E-state index is 11.3. The molecule has 0 aromatic heterocycles. The molecule has 1 amide bonds. The van der Waals surface area contributed by atoms with Gasteiger partial charge in [0.25, 0.3) is 0 Å². The van der Waals surface area contributed by atoms with Crippen LogP contribution >= 0.6 is 8.03 Å². The molecule has 1 unspecified atom stereocenters. The second-order valence-electron chi connectivity index (χ2n) is 3.39. The van der Waals surface area contributed by atoms with Gasteiger partial charge in [0, 0.05) is 0 Å². The molecule has 0 aliphatic heterocycles. The van der Waals surface area contributed by atoms with Crippen LogP contribution in [0, 0.1) is 0 Å². The van der Waals surface area contributed by atoms with E-state index in [1.807, 2.05) is 30.3 Å². The summed E-state index contributed by atoms with van der Waals surface area (Å²) in [4.78, 5) is 11.3. The highest BCUT2D eigenvalue weighted by Gasteiger charge is 2.17. The van der Waals surface area contributed by atoms with Crippen LogP contribution in [0.1, 0.15) is 12.5 Å². The molecule has 1 aromatic carbocycles. The molecule has 6 heteroatoms. The van der Waals surface area contributed by atoms with Crippen molar-refractivity contribution in [2.45, 2.75) is 19.8 Å². The van der Waals surface area contributed by atoms with Crippen molar-refractivity contribution in [1.29, 1.82) is 0 Å². The first kappa shape index (κ1) is 13.6. The number of nitrogens with one attached hydrogen (secondary N) is 1. The van der Waals surface area contributed by atoms with Gasteiger partial charge in [-0.1, -0.05) is 30.3 Å². The van der Waals surface area contributed by atoms with Gasteiger partial charge in [0.1, 0.15) is 6.61 Å². The predicted octanol–water partition coefficient (Wildman–Crippen LogP) is 2.65. The quantitative estimate of drug-likeness (QED) is 0.649. The third-order valence-electron chi connectivity index (χ3n) is 1.84. The van der Waals surface area contributed by atoms with E-state index in [1.165, 1.54) is 6.66 Å². The van der Waals surface area contributed by atoms with Gasteiger partial charge in [-0.25, -0.2) is 4.79 Å². The van der Waals surface area contributed by atoms with Gasteiger partial charge in [-0.3, -0.25) is 5.32 Å². The summed E-state index contributed by atoms with van der Waals surface area (Å²) in [5.74, 6) is 0. The first-order valence-electron chi connectivity index (χ1n) is 5.13. The molecule has 0 spiro atoms. The minimum absolute atomic E-state index is 0.192. The number of ether oxygens (including phenoxy) is 1. The summed E-state index contributed by atoms with van der Waals surface area (Å²) in [6.45, 7) is 3.20. The smallest absolute Gasteiger partial charge is 0.445 e. The number of rotatable bonds is 5. The summed E-state index contributed by atoms with van der Waals surface area (Å²) < 4.78 is 20.6. The minimum atomic E-state index is -1.74. The molecule has 2 atom stereocenters. The zero-order chi connectivity index (χ0) is 12.7. The molecule has 1 N–H and O–H groups in total. The van der Waals surface area contributed by atoms with Crippen molar-refractivity contribution in [1.82, 2.24) is 5.32 Å². The lowest BCUT2D eigenvalue weighted by atomic mass is 10.2. The second-order valence-corrected chi connectivity index (χ2v) is 4.48. The molecule has 0 heterocycles. The Labute approximate surface area is 101 Å². The molecule has 0 saturated carbocycles. The maximum Gasteiger partial charge on any atom is 0.506 e. The number of benzene rings is 1. The normalized spacial score (nSPS) is 12.7. The van der Waals surface area contributed by atoms with Crippen molar-refractivity contribution in [2.75, 3.05) is 6.66 Å². The lowest BCUT2D eigenvalue weighted by Gasteiger charge is -2.09. The van der Waals surface area contributed by atoms with Gasteiger partial charge in [-0.05, 0) is 17.1 Å². The Morgan fingerprint density at radius 3 is 2.65 bits per heavy atom. The van der Waals surface area contributed by atoms with E-state index in [0.717, 1.165) is 5.56 Å². The highest BCUT2D eigenvalue weighted by atomic mass is 31.1. The number of amides is 1. The molecule has 1 rings (SSSR count). The monoisotopic (exact) mass is 256 g/mol. The van der Waals surface area contributed by atoms with Gasteiger partial charge in [-0.15, -0.1) is 4.52 Å². The van der Waals surface area contributed by atoms with Crippen molar-refractivity contribution in [3.05, 3.63) is 35.9 Å². The standard InChI is InChI=1S/C11H14NO4P/c1-9(16-17(2)14)12-11(13)15-8-10-6-4-3-5-7-10/h3-7,9H,8H2,1-2H3/p+1/t9-/m1/s1. The number of alkyl carbamates (subject to hydrolysis) is 1. The molecule has 5 nitrogen and oxygen atoms in total. The zero-order valence-electron chi connectivity index (χ0n) is 9.75. The van der Waals surface area contributed by atoms with Crippen molar-refractivity contribution in [3.8, 4) is 0 Å². The Morgan fingerprint density at radius 2 is 2.06 bits per heavy atom. The summed E-state index contributed by atoms with van der Waals surface area (Å²) in [5, 5.41) is 2.41. The third-order valence-corrected chi connectivity index (χ3v) is 2.45. The van der Waals surface area contributed by atoms with Crippen LogP contribution in [0.3, 0.4) is 0 Å². The summed E-state index contributed by atoms with van der Waals surface area (Å²) in [7, 11) is -1.74. The lowest BCUT2D eigenvalue weighted by molar-refractivity contribution is 0.114. The van der Waals surface area contributed by atoms with E-state index >= 15 is 0 Å².